The molecule has 3 aromatic carbocycles. The Morgan fingerprint density at radius 2 is 1.50 bits per heavy atom. The van der Waals surface area contributed by atoms with Gasteiger partial charge in [0.25, 0.3) is 5.91 Å². The summed E-state index contributed by atoms with van der Waals surface area (Å²) in [5.74, 6) is -7.10. The highest BCUT2D eigenvalue weighted by Crippen LogP contribution is 2.64. The molecule has 17 heteroatoms. The zero-order chi connectivity index (χ0) is 46.7. The van der Waals surface area contributed by atoms with Crippen molar-refractivity contribution in [3.05, 3.63) is 117 Å². The van der Waals surface area contributed by atoms with Crippen molar-refractivity contribution in [2.75, 3.05) is 6.61 Å². The summed E-state index contributed by atoms with van der Waals surface area (Å²) in [4.78, 5) is 83.8. The molecule has 1 heterocycles. The zero-order valence-corrected chi connectivity index (χ0v) is 37.3. The number of ketones is 1. The SMILES string of the molecule is CC(=O)O[C@H]1C(=O)[C@@]2(C)[C@H]([C@H](OC(=O)c3ccccc3)[C@]3(O)C[C@H](OC(=O)[C@H](O)[C@@H](NC(=O)c4ccc(Cl)c(Cl)c4)c4ccccc4)C(C)=C1C3(C)C)[C@]1(OC(C)=O)CO[C@@H]1C[C@@H]2O. The van der Waals surface area contributed by atoms with Crippen LogP contribution >= 0.6 is 23.2 Å². The monoisotopic (exact) mass is 921 g/mol. The van der Waals surface area contributed by atoms with Gasteiger partial charge in [-0.15, -0.1) is 0 Å². The Morgan fingerprint density at radius 1 is 0.859 bits per heavy atom. The number of aliphatic hydroxyl groups is 3. The Kier molecular flexibility index (Phi) is 12.7. The number of ether oxygens (including phenoxy) is 5. The lowest BCUT2D eigenvalue weighted by molar-refractivity contribution is -0.346. The number of benzene rings is 3. The number of hydrogen-bond acceptors (Lipinski definition) is 14. The van der Waals surface area contributed by atoms with Crippen LogP contribution in [-0.2, 0) is 42.9 Å². The van der Waals surface area contributed by atoms with Gasteiger partial charge in [0.1, 0.15) is 23.9 Å². The van der Waals surface area contributed by atoms with E-state index in [2.05, 4.69) is 5.32 Å². The van der Waals surface area contributed by atoms with Crippen LogP contribution in [-0.4, -0.2) is 105 Å². The third-order valence-corrected chi connectivity index (χ3v) is 14.4. The van der Waals surface area contributed by atoms with Gasteiger partial charge in [-0.3, -0.25) is 19.2 Å². The van der Waals surface area contributed by atoms with Crippen LogP contribution in [0.4, 0.5) is 0 Å². The average Bonchev–Trinajstić information content (AvgIpc) is 3.24. The van der Waals surface area contributed by atoms with Crippen molar-refractivity contribution in [2.45, 2.75) is 108 Å². The third kappa shape index (κ3) is 7.79. The molecule has 1 aliphatic heterocycles. The molecule has 3 aliphatic carbocycles. The molecule has 15 nitrogen and oxygen atoms in total. The standard InChI is InChI=1S/C47H49Cl2NO14/c1-23-31(62-43(58)36(54)35(26-13-9-7-10-14-26)50-41(56)28-17-18-29(48)30(49)19-28)21-47(59)40(63-42(57)27-15-11-8-12-16-27)38-45(6,32(53)20-33-46(38,22-60-33)64-25(3)52)39(55)37(61-24(2)51)34(23)44(47,4)5/h7-19,31-33,35-38,40,53-54,59H,20-22H2,1-6H3,(H,50,56)/t31-,32-,33+,35-,36+,37+,38-,40-,45+,46-,47+/m0/s1. The first-order valence-corrected chi connectivity index (χ1v) is 21.4. The molecule has 1 saturated heterocycles. The Morgan fingerprint density at radius 3 is 2.08 bits per heavy atom. The molecule has 1 amide bonds. The summed E-state index contributed by atoms with van der Waals surface area (Å²) in [6.45, 7) is 7.88. The van der Waals surface area contributed by atoms with E-state index in [1.165, 1.54) is 44.2 Å². The van der Waals surface area contributed by atoms with E-state index in [0.717, 1.165) is 13.8 Å². The van der Waals surface area contributed by atoms with Gasteiger partial charge in [0, 0.05) is 37.7 Å². The molecule has 3 fully saturated rings. The van der Waals surface area contributed by atoms with Gasteiger partial charge in [-0.25, -0.2) is 9.59 Å². The van der Waals surface area contributed by atoms with Crippen LogP contribution in [0.1, 0.15) is 86.7 Å². The van der Waals surface area contributed by atoms with Crippen molar-refractivity contribution in [1.29, 1.82) is 0 Å². The van der Waals surface area contributed by atoms with Gasteiger partial charge in [-0.1, -0.05) is 85.6 Å². The molecule has 2 bridgehead atoms. The number of halogens is 2. The summed E-state index contributed by atoms with van der Waals surface area (Å²) in [5.41, 5.74) is -7.42. The number of Topliss-reactive ketones (excluding diaryl/α,β-unsaturated/α-hetero) is 1. The smallest absolute Gasteiger partial charge is 0.338 e. The van der Waals surface area contributed by atoms with Gasteiger partial charge in [0.05, 0.1) is 45.7 Å². The van der Waals surface area contributed by atoms with Gasteiger partial charge >= 0.3 is 23.9 Å². The Bertz CT molecular complexity index is 2410. The minimum Gasteiger partial charge on any atom is -0.456 e. The largest absolute Gasteiger partial charge is 0.456 e. The summed E-state index contributed by atoms with van der Waals surface area (Å²) in [6, 6.07) is 18.6. The number of carbonyl (C=O) groups is 6. The maximum Gasteiger partial charge on any atom is 0.338 e. The van der Waals surface area contributed by atoms with E-state index in [0.29, 0.717) is 5.56 Å². The Labute approximate surface area is 378 Å². The average molecular weight is 923 g/mol. The van der Waals surface area contributed by atoms with Crippen molar-refractivity contribution < 1.29 is 67.8 Å². The van der Waals surface area contributed by atoms with Gasteiger partial charge in [0.15, 0.2) is 23.6 Å². The van der Waals surface area contributed by atoms with Crippen molar-refractivity contribution in [3.8, 4) is 0 Å². The quantitative estimate of drug-likeness (QED) is 0.119. The molecule has 340 valence electrons. The number of hydrogen-bond donors (Lipinski definition) is 4. The van der Waals surface area contributed by atoms with Crippen LogP contribution in [0.3, 0.4) is 0 Å². The van der Waals surface area contributed by atoms with E-state index in [-0.39, 0.29) is 45.3 Å². The van der Waals surface area contributed by atoms with E-state index in [9.17, 15) is 39.3 Å². The van der Waals surface area contributed by atoms with Crippen molar-refractivity contribution >= 4 is 58.8 Å². The summed E-state index contributed by atoms with van der Waals surface area (Å²) < 4.78 is 30.3. The van der Waals surface area contributed by atoms with Crippen LogP contribution in [0.25, 0.3) is 0 Å². The lowest BCUT2D eigenvalue weighted by Crippen LogP contribution is -2.82. The lowest BCUT2D eigenvalue weighted by atomic mass is 9.44. The maximum atomic E-state index is 15.5. The second-order valence-corrected chi connectivity index (χ2v) is 18.4. The maximum absolute atomic E-state index is 15.5. The molecule has 0 unspecified atom stereocenters. The highest BCUT2D eigenvalue weighted by Gasteiger charge is 2.78. The van der Waals surface area contributed by atoms with E-state index in [1.54, 1.807) is 62.4 Å². The number of esters is 4. The van der Waals surface area contributed by atoms with Gasteiger partial charge < -0.3 is 44.3 Å². The number of amides is 1. The fraction of sp³-hybridized carbons (Fsp3) is 0.447. The molecule has 0 radical (unpaired) electrons. The van der Waals surface area contributed by atoms with E-state index in [1.807, 2.05) is 0 Å². The minimum atomic E-state index is -2.42. The van der Waals surface area contributed by atoms with Gasteiger partial charge in [-0.2, -0.15) is 0 Å². The summed E-state index contributed by atoms with van der Waals surface area (Å²) in [7, 11) is 0. The number of rotatable bonds is 10. The van der Waals surface area contributed by atoms with Gasteiger partial charge in [-0.05, 0) is 60.9 Å². The lowest BCUT2D eigenvalue weighted by Gasteiger charge is -2.67. The van der Waals surface area contributed by atoms with Crippen LogP contribution in [0, 0.1) is 16.7 Å². The van der Waals surface area contributed by atoms with Crippen LogP contribution in [0.15, 0.2) is 90.0 Å². The number of carbonyl (C=O) groups excluding carboxylic acids is 6. The molecular formula is C47H49Cl2NO14. The molecule has 7 rings (SSSR count). The second kappa shape index (κ2) is 17.3. The van der Waals surface area contributed by atoms with E-state index in [4.69, 9.17) is 46.9 Å². The predicted molar refractivity (Wildman–Crippen MR) is 228 cm³/mol. The Hall–Kier alpha value is -5.16. The zero-order valence-electron chi connectivity index (χ0n) is 35.8. The Balaban J connectivity index is 1.38. The van der Waals surface area contributed by atoms with Crippen LogP contribution in [0.2, 0.25) is 10.0 Å². The van der Waals surface area contributed by atoms with Crippen molar-refractivity contribution in [1.82, 2.24) is 5.32 Å². The fourth-order valence-electron chi connectivity index (χ4n) is 10.2. The number of aliphatic hydroxyl groups excluding tert-OH is 2. The molecule has 3 aromatic rings. The molecular weight excluding hydrogens is 873 g/mol. The molecule has 0 spiro atoms. The van der Waals surface area contributed by atoms with E-state index >= 15 is 4.79 Å². The topological polar surface area (TPSA) is 221 Å². The summed E-state index contributed by atoms with van der Waals surface area (Å²) in [5, 5.41) is 40.5. The highest BCUT2D eigenvalue weighted by atomic mass is 35.5. The first-order valence-electron chi connectivity index (χ1n) is 20.7. The predicted octanol–water partition coefficient (Wildman–Crippen LogP) is 5.04. The second-order valence-electron chi connectivity index (χ2n) is 17.6. The fourth-order valence-corrected chi connectivity index (χ4v) is 10.5. The van der Waals surface area contributed by atoms with Crippen LogP contribution in [0.5, 0.6) is 0 Å². The van der Waals surface area contributed by atoms with Crippen LogP contribution < -0.4 is 5.32 Å². The molecule has 4 aliphatic rings. The van der Waals surface area contributed by atoms with Gasteiger partial charge in [0.2, 0.25) is 0 Å². The molecule has 11 atom stereocenters. The summed E-state index contributed by atoms with van der Waals surface area (Å²) >= 11 is 12.2. The molecule has 4 N–H and O–H groups in total. The molecule has 0 aromatic heterocycles. The minimum absolute atomic E-state index is 0.0255. The molecule has 2 saturated carbocycles. The first-order chi connectivity index (χ1) is 30.1. The normalized spacial score (nSPS) is 31.3. The third-order valence-electron chi connectivity index (χ3n) is 13.6. The number of nitrogens with one attached hydrogen (secondary N) is 1. The highest BCUT2D eigenvalue weighted by molar-refractivity contribution is 6.42. The van der Waals surface area contributed by atoms with Crippen molar-refractivity contribution in [2.24, 2.45) is 16.7 Å². The van der Waals surface area contributed by atoms with Crippen molar-refractivity contribution in [3.63, 3.8) is 0 Å². The number of fused-ring (bicyclic) bond motifs is 5. The van der Waals surface area contributed by atoms with E-state index < -0.39 is 113 Å². The molecule has 64 heavy (non-hydrogen) atoms. The first kappa shape index (κ1) is 46.8. The summed E-state index contributed by atoms with van der Waals surface area (Å²) in [6.07, 6.45) is -10.7.